The smallest absolute Gasteiger partial charge is 0.276 e. The molecular weight excluding hydrogens is 344 g/mol. The number of piperidine rings is 1. The Morgan fingerprint density at radius 3 is 2.93 bits per heavy atom. The Balaban J connectivity index is 1.46. The molecule has 1 atom stereocenters. The minimum absolute atomic E-state index is 0.0618. The molecule has 2 aromatic heterocycles. The van der Waals surface area contributed by atoms with Gasteiger partial charge in [0.1, 0.15) is 0 Å². The highest BCUT2D eigenvalue weighted by Gasteiger charge is 2.28. The molecule has 3 heterocycles. The summed E-state index contributed by atoms with van der Waals surface area (Å²) in [7, 11) is 0. The van der Waals surface area contributed by atoms with Gasteiger partial charge in [0.15, 0.2) is 11.5 Å². The zero-order valence-corrected chi connectivity index (χ0v) is 15.0. The van der Waals surface area contributed by atoms with Crippen molar-refractivity contribution in [2.45, 2.75) is 25.3 Å². The van der Waals surface area contributed by atoms with Crippen LogP contribution < -0.4 is 0 Å². The van der Waals surface area contributed by atoms with E-state index in [0.29, 0.717) is 31.1 Å². The van der Waals surface area contributed by atoms with Gasteiger partial charge in [-0.3, -0.25) is 9.48 Å². The van der Waals surface area contributed by atoms with Crippen molar-refractivity contribution in [2.24, 2.45) is 0 Å². The summed E-state index contributed by atoms with van der Waals surface area (Å²) >= 11 is 0. The van der Waals surface area contributed by atoms with Crippen LogP contribution in [0.25, 0.3) is 11.3 Å². The Labute approximate surface area is 157 Å². The fourth-order valence-electron chi connectivity index (χ4n) is 3.50. The summed E-state index contributed by atoms with van der Waals surface area (Å²) < 4.78 is 7.10. The topological polar surface area (TPSA) is 84.4 Å². The van der Waals surface area contributed by atoms with Crippen molar-refractivity contribution in [1.82, 2.24) is 19.8 Å². The molecular formula is C20H22N4O3. The van der Waals surface area contributed by atoms with E-state index in [-0.39, 0.29) is 18.4 Å². The maximum atomic E-state index is 12.9. The predicted molar refractivity (Wildman–Crippen MR) is 99.1 cm³/mol. The van der Waals surface area contributed by atoms with Gasteiger partial charge in [0.05, 0.1) is 18.8 Å². The number of aliphatic hydroxyl groups excluding tert-OH is 1. The Bertz CT molecular complexity index is 903. The molecule has 0 spiro atoms. The Kier molecular flexibility index (Phi) is 5.02. The number of carbonyl (C=O) groups excluding carboxylic acids is 1. The zero-order chi connectivity index (χ0) is 18.6. The third-order valence-corrected chi connectivity index (χ3v) is 4.90. The molecule has 7 heteroatoms. The van der Waals surface area contributed by atoms with Crippen molar-refractivity contribution in [1.29, 1.82) is 0 Å². The fraction of sp³-hybridized carbons (Fsp3) is 0.350. The second-order valence-corrected chi connectivity index (χ2v) is 6.76. The molecule has 1 aliphatic heterocycles. The first-order valence-electron chi connectivity index (χ1n) is 9.20. The molecule has 0 radical (unpaired) electrons. The average Bonchev–Trinajstić information content (AvgIpc) is 3.39. The summed E-state index contributed by atoms with van der Waals surface area (Å²) in [5.74, 6) is 0.679. The molecule has 1 aliphatic rings. The average molecular weight is 366 g/mol. The summed E-state index contributed by atoms with van der Waals surface area (Å²) in [4.78, 5) is 14.7. The molecule has 1 amide bonds. The van der Waals surface area contributed by atoms with Crippen molar-refractivity contribution in [3.05, 3.63) is 60.0 Å². The van der Waals surface area contributed by atoms with Gasteiger partial charge in [-0.2, -0.15) is 5.10 Å². The van der Waals surface area contributed by atoms with E-state index < -0.39 is 0 Å². The number of carbonyl (C=O) groups is 1. The maximum absolute atomic E-state index is 12.9. The minimum Gasteiger partial charge on any atom is -0.394 e. The number of hydrogen-bond donors (Lipinski definition) is 1. The SMILES string of the molecule is O=C(c1cc(-c2ccccc2)on1)N1CCC[C@H](c2ccn(CCO)n2)C1. The van der Waals surface area contributed by atoms with Crippen molar-refractivity contribution < 1.29 is 14.4 Å². The van der Waals surface area contributed by atoms with E-state index in [9.17, 15) is 4.79 Å². The van der Waals surface area contributed by atoms with Crippen LogP contribution >= 0.6 is 0 Å². The third kappa shape index (κ3) is 3.78. The standard InChI is InChI=1S/C20H22N4O3/c25-12-11-24-10-8-17(21-24)16-7-4-9-23(14-16)20(26)18-13-19(27-22-18)15-5-2-1-3-6-15/h1-3,5-6,8,10,13,16,25H,4,7,9,11-12,14H2/t16-/m0/s1. The second-order valence-electron chi connectivity index (χ2n) is 6.76. The van der Waals surface area contributed by atoms with Crippen LogP contribution in [0.15, 0.2) is 53.2 Å². The number of rotatable bonds is 5. The highest BCUT2D eigenvalue weighted by Crippen LogP contribution is 2.27. The van der Waals surface area contributed by atoms with Crippen LogP contribution in [-0.4, -0.2) is 50.5 Å². The Morgan fingerprint density at radius 1 is 1.26 bits per heavy atom. The molecule has 0 bridgehead atoms. The van der Waals surface area contributed by atoms with Crippen LogP contribution in [0.3, 0.4) is 0 Å². The van der Waals surface area contributed by atoms with E-state index in [1.165, 1.54) is 0 Å². The molecule has 27 heavy (non-hydrogen) atoms. The van der Waals surface area contributed by atoms with E-state index in [0.717, 1.165) is 24.1 Å². The first-order chi connectivity index (χ1) is 13.2. The number of aromatic nitrogens is 3. The Morgan fingerprint density at radius 2 is 2.11 bits per heavy atom. The molecule has 3 aromatic rings. The first-order valence-corrected chi connectivity index (χ1v) is 9.20. The van der Waals surface area contributed by atoms with Gasteiger partial charge in [0, 0.05) is 36.8 Å². The molecule has 1 fully saturated rings. The van der Waals surface area contributed by atoms with Gasteiger partial charge >= 0.3 is 0 Å². The molecule has 0 unspecified atom stereocenters. The van der Waals surface area contributed by atoms with Gasteiger partial charge in [0.25, 0.3) is 5.91 Å². The van der Waals surface area contributed by atoms with Gasteiger partial charge in [-0.15, -0.1) is 0 Å². The number of nitrogens with zero attached hydrogens (tertiary/aromatic N) is 4. The van der Waals surface area contributed by atoms with Gasteiger partial charge in [-0.05, 0) is 18.9 Å². The lowest BCUT2D eigenvalue weighted by Crippen LogP contribution is -2.39. The maximum Gasteiger partial charge on any atom is 0.276 e. The third-order valence-electron chi connectivity index (χ3n) is 4.90. The normalized spacial score (nSPS) is 17.2. The Hall–Kier alpha value is -2.93. The number of amides is 1. The minimum atomic E-state index is -0.111. The van der Waals surface area contributed by atoms with Gasteiger partial charge in [-0.1, -0.05) is 35.5 Å². The fourth-order valence-corrected chi connectivity index (χ4v) is 3.50. The summed E-state index contributed by atoms with van der Waals surface area (Å²) in [6.07, 6.45) is 3.79. The monoisotopic (exact) mass is 366 g/mol. The van der Waals surface area contributed by atoms with Crippen LogP contribution in [0.4, 0.5) is 0 Å². The molecule has 1 aromatic carbocycles. The van der Waals surface area contributed by atoms with Crippen LogP contribution in [0.5, 0.6) is 0 Å². The van der Waals surface area contributed by atoms with E-state index in [2.05, 4.69) is 10.3 Å². The van der Waals surface area contributed by atoms with Crippen molar-refractivity contribution in [3.63, 3.8) is 0 Å². The quantitative estimate of drug-likeness (QED) is 0.750. The molecule has 1 N–H and O–H groups in total. The van der Waals surface area contributed by atoms with Crippen LogP contribution in [0, 0.1) is 0 Å². The molecule has 140 valence electrons. The second kappa shape index (κ2) is 7.75. The zero-order valence-electron chi connectivity index (χ0n) is 15.0. The van der Waals surface area contributed by atoms with E-state index in [1.807, 2.05) is 47.5 Å². The highest BCUT2D eigenvalue weighted by molar-refractivity contribution is 5.93. The lowest BCUT2D eigenvalue weighted by Gasteiger charge is -2.31. The molecule has 0 aliphatic carbocycles. The number of benzene rings is 1. The lowest BCUT2D eigenvalue weighted by molar-refractivity contribution is 0.0695. The molecule has 0 saturated carbocycles. The van der Waals surface area contributed by atoms with Gasteiger partial charge < -0.3 is 14.5 Å². The molecule has 7 nitrogen and oxygen atoms in total. The summed E-state index contributed by atoms with van der Waals surface area (Å²) in [5.41, 5.74) is 2.20. The lowest BCUT2D eigenvalue weighted by atomic mass is 9.95. The first kappa shape index (κ1) is 17.5. The van der Waals surface area contributed by atoms with E-state index >= 15 is 0 Å². The summed E-state index contributed by atoms with van der Waals surface area (Å²) in [5, 5.41) is 17.5. The number of likely N-dealkylation sites (tertiary alicyclic amines) is 1. The largest absolute Gasteiger partial charge is 0.394 e. The summed E-state index contributed by atoms with van der Waals surface area (Å²) in [6, 6.07) is 13.3. The van der Waals surface area contributed by atoms with E-state index in [4.69, 9.17) is 9.63 Å². The van der Waals surface area contributed by atoms with Crippen molar-refractivity contribution in [2.75, 3.05) is 19.7 Å². The van der Waals surface area contributed by atoms with Gasteiger partial charge in [0.2, 0.25) is 0 Å². The van der Waals surface area contributed by atoms with Crippen LogP contribution in [-0.2, 0) is 6.54 Å². The summed E-state index contributed by atoms with van der Waals surface area (Å²) in [6.45, 7) is 1.87. The van der Waals surface area contributed by atoms with E-state index in [1.54, 1.807) is 10.7 Å². The number of aliphatic hydroxyl groups is 1. The van der Waals surface area contributed by atoms with Crippen molar-refractivity contribution in [3.8, 4) is 11.3 Å². The van der Waals surface area contributed by atoms with Crippen molar-refractivity contribution >= 4 is 5.91 Å². The predicted octanol–water partition coefficient (Wildman–Crippen LogP) is 2.55. The molecule has 1 saturated heterocycles. The van der Waals surface area contributed by atoms with Crippen LogP contribution in [0.1, 0.15) is 34.9 Å². The van der Waals surface area contributed by atoms with Gasteiger partial charge in [-0.25, -0.2) is 0 Å². The molecule has 4 rings (SSSR count). The number of hydrogen-bond acceptors (Lipinski definition) is 5. The van der Waals surface area contributed by atoms with Crippen LogP contribution in [0.2, 0.25) is 0 Å². The highest BCUT2D eigenvalue weighted by atomic mass is 16.5.